The molecule has 0 amide bonds. The van der Waals surface area contributed by atoms with Crippen molar-refractivity contribution in [1.29, 1.82) is 0 Å². The number of aromatic amines is 1. The monoisotopic (exact) mass is 391 g/mol. The van der Waals surface area contributed by atoms with Gasteiger partial charge in [0.15, 0.2) is 5.11 Å². The molecular formula is C22H25N5S. The molecule has 1 aromatic carbocycles. The number of aromatic nitrogens is 2. The predicted octanol–water partition coefficient (Wildman–Crippen LogP) is 4.27. The SMILES string of the molecule is Cc1cc([C@H]2[C@@H](c3ccccn3)NC(=S)N2c2ccc(N(C)C)cc2)c(C)[nH]1. The minimum Gasteiger partial charge on any atom is -0.378 e. The molecule has 2 aromatic heterocycles. The molecule has 1 aliphatic heterocycles. The second-order valence-corrected chi connectivity index (χ2v) is 7.83. The van der Waals surface area contributed by atoms with Gasteiger partial charge in [-0.1, -0.05) is 6.07 Å². The fraction of sp³-hybridized carbons (Fsp3) is 0.273. The molecule has 5 nitrogen and oxygen atoms in total. The van der Waals surface area contributed by atoms with E-state index in [-0.39, 0.29) is 12.1 Å². The van der Waals surface area contributed by atoms with Crippen LogP contribution in [0.4, 0.5) is 11.4 Å². The Morgan fingerprint density at radius 2 is 1.82 bits per heavy atom. The van der Waals surface area contributed by atoms with Gasteiger partial charge in [0.1, 0.15) is 0 Å². The largest absolute Gasteiger partial charge is 0.378 e. The Morgan fingerprint density at radius 1 is 1.07 bits per heavy atom. The van der Waals surface area contributed by atoms with E-state index in [1.807, 2.05) is 32.4 Å². The molecule has 0 radical (unpaired) electrons. The maximum atomic E-state index is 5.78. The van der Waals surface area contributed by atoms with E-state index < -0.39 is 0 Å². The number of hydrogen-bond acceptors (Lipinski definition) is 3. The zero-order valence-electron chi connectivity index (χ0n) is 16.6. The van der Waals surface area contributed by atoms with Gasteiger partial charge in [-0.05, 0) is 74.1 Å². The third-order valence-electron chi connectivity index (χ3n) is 5.25. The Labute approximate surface area is 171 Å². The third-order valence-corrected chi connectivity index (χ3v) is 5.57. The quantitative estimate of drug-likeness (QED) is 0.651. The summed E-state index contributed by atoms with van der Waals surface area (Å²) in [5.74, 6) is 0. The van der Waals surface area contributed by atoms with Crippen LogP contribution in [-0.4, -0.2) is 29.2 Å². The number of nitrogens with zero attached hydrogens (tertiary/aromatic N) is 3. The van der Waals surface area contributed by atoms with Crippen LogP contribution in [-0.2, 0) is 0 Å². The summed E-state index contributed by atoms with van der Waals surface area (Å²) in [6, 6.07) is 16.7. The molecule has 2 N–H and O–H groups in total. The molecule has 1 aliphatic rings. The van der Waals surface area contributed by atoms with E-state index in [0.29, 0.717) is 0 Å². The normalized spacial score (nSPS) is 19.0. The van der Waals surface area contributed by atoms with Crippen LogP contribution in [0.25, 0.3) is 0 Å². The van der Waals surface area contributed by atoms with Crippen molar-refractivity contribution < 1.29 is 0 Å². The van der Waals surface area contributed by atoms with Crippen molar-refractivity contribution in [2.75, 3.05) is 23.9 Å². The molecule has 28 heavy (non-hydrogen) atoms. The molecular weight excluding hydrogens is 366 g/mol. The van der Waals surface area contributed by atoms with Gasteiger partial charge in [-0.3, -0.25) is 4.98 Å². The summed E-state index contributed by atoms with van der Waals surface area (Å²) in [4.78, 5) is 12.4. The zero-order chi connectivity index (χ0) is 19.8. The summed E-state index contributed by atoms with van der Waals surface area (Å²) in [5, 5.41) is 4.23. The molecule has 3 heterocycles. The number of benzene rings is 1. The van der Waals surface area contributed by atoms with E-state index in [9.17, 15) is 0 Å². The van der Waals surface area contributed by atoms with E-state index in [2.05, 4.69) is 75.3 Å². The average molecular weight is 392 g/mol. The third kappa shape index (κ3) is 3.24. The van der Waals surface area contributed by atoms with Crippen molar-refractivity contribution in [1.82, 2.24) is 15.3 Å². The van der Waals surface area contributed by atoms with Crippen molar-refractivity contribution in [3.8, 4) is 0 Å². The first-order valence-electron chi connectivity index (χ1n) is 9.40. The number of thiocarbonyl (C=S) groups is 1. The van der Waals surface area contributed by atoms with Crippen molar-refractivity contribution in [2.24, 2.45) is 0 Å². The van der Waals surface area contributed by atoms with Gasteiger partial charge in [-0.15, -0.1) is 0 Å². The lowest BCUT2D eigenvalue weighted by Gasteiger charge is -2.28. The Kier molecular flexibility index (Phi) is 4.81. The van der Waals surface area contributed by atoms with Crippen LogP contribution in [0, 0.1) is 13.8 Å². The average Bonchev–Trinajstić information content (AvgIpc) is 3.20. The zero-order valence-corrected chi connectivity index (χ0v) is 17.4. The van der Waals surface area contributed by atoms with E-state index in [1.165, 1.54) is 5.56 Å². The Bertz CT molecular complexity index is 978. The van der Waals surface area contributed by atoms with Crippen LogP contribution in [0.1, 0.15) is 34.7 Å². The highest BCUT2D eigenvalue weighted by Crippen LogP contribution is 2.42. The number of H-pyrrole nitrogens is 1. The Hall–Kier alpha value is -2.86. The molecule has 0 bridgehead atoms. The molecule has 144 valence electrons. The molecule has 0 spiro atoms. The van der Waals surface area contributed by atoms with Gasteiger partial charge in [0, 0.05) is 43.1 Å². The predicted molar refractivity (Wildman–Crippen MR) is 119 cm³/mol. The Morgan fingerprint density at radius 3 is 2.39 bits per heavy atom. The molecule has 4 rings (SSSR count). The van der Waals surface area contributed by atoms with Gasteiger partial charge < -0.3 is 20.1 Å². The first-order valence-corrected chi connectivity index (χ1v) is 9.80. The molecule has 0 aliphatic carbocycles. The van der Waals surface area contributed by atoms with Crippen molar-refractivity contribution in [2.45, 2.75) is 25.9 Å². The fourth-order valence-electron chi connectivity index (χ4n) is 3.91. The van der Waals surface area contributed by atoms with E-state index in [4.69, 9.17) is 12.2 Å². The van der Waals surface area contributed by atoms with E-state index >= 15 is 0 Å². The molecule has 1 saturated heterocycles. The lowest BCUT2D eigenvalue weighted by Crippen LogP contribution is -2.29. The van der Waals surface area contributed by atoms with Crippen molar-refractivity contribution in [3.05, 3.63) is 77.4 Å². The minimum absolute atomic E-state index is 0.0175. The van der Waals surface area contributed by atoms with Gasteiger partial charge in [0.05, 0.1) is 17.8 Å². The highest BCUT2D eigenvalue weighted by atomic mass is 32.1. The molecule has 3 aromatic rings. The topological polar surface area (TPSA) is 47.2 Å². The second-order valence-electron chi connectivity index (χ2n) is 7.44. The van der Waals surface area contributed by atoms with Crippen molar-refractivity contribution >= 4 is 28.7 Å². The summed E-state index contributed by atoms with van der Waals surface area (Å²) < 4.78 is 0. The van der Waals surface area contributed by atoms with Crippen LogP contribution in [0.5, 0.6) is 0 Å². The molecule has 0 unspecified atom stereocenters. The first kappa shape index (κ1) is 18.5. The first-order chi connectivity index (χ1) is 13.5. The van der Waals surface area contributed by atoms with Gasteiger partial charge >= 0.3 is 0 Å². The second kappa shape index (κ2) is 7.28. The molecule has 6 heteroatoms. The summed E-state index contributed by atoms with van der Waals surface area (Å²) in [6.45, 7) is 4.20. The number of hydrogen-bond donors (Lipinski definition) is 2. The van der Waals surface area contributed by atoms with Gasteiger partial charge in [0.25, 0.3) is 0 Å². The molecule has 0 saturated carbocycles. The van der Waals surface area contributed by atoms with Gasteiger partial charge in [0.2, 0.25) is 0 Å². The highest BCUT2D eigenvalue weighted by Gasteiger charge is 2.41. The van der Waals surface area contributed by atoms with Crippen LogP contribution in [0.2, 0.25) is 0 Å². The molecule has 2 atom stereocenters. The summed E-state index contributed by atoms with van der Waals surface area (Å²) in [6.07, 6.45) is 1.83. The highest BCUT2D eigenvalue weighted by molar-refractivity contribution is 7.80. The summed E-state index contributed by atoms with van der Waals surface area (Å²) in [7, 11) is 4.09. The maximum absolute atomic E-state index is 5.78. The Balaban J connectivity index is 1.81. The number of nitrogens with one attached hydrogen (secondary N) is 2. The number of rotatable bonds is 4. The van der Waals surface area contributed by atoms with Gasteiger partial charge in [-0.25, -0.2) is 0 Å². The number of aryl methyl sites for hydroxylation is 2. The minimum atomic E-state index is -0.0175. The lowest BCUT2D eigenvalue weighted by atomic mass is 9.96. The van der Waals surface area contributed by atoms with Gasteiger partial charge in [-0.2, -0.15) is 0 Å². The van der Waals surface area contributed by atoms with Crippen LogP contribution in [0.15, 0.2) is 54.7 Å². The summed E-state index contributed by atoms with van der Waals surface area (Å²) >= 11 is 5.78. The lowest BCUT2D eigenvalue weighted by molar-refractivity contribution is 0.566. The van der Waals surface area contributed by atoms with E-state index in [1.54, 1.807) is 0 Å². The fourth-order valence-corrected chi connectivity index (χ4v) is 4.26. The number of pyridine rings is 1. The van der Waals surface area contributed by atoms with Crippen molar-refractivity contribution in [3.63, 3.8) is 0 Å². The summed E-state index contributed by atoms with van der Waals surface area (Å²) in [5.41, 5.74) is 6.76. The molecule has 1 fully saturated rings. The standard InChI is InChI=1S/C22H25N5S/c1-14-13-18(15(2)24-14)21-20(19-7-5-6-12-23-19)25-22(28)27(21)17-10-8-16(9-11-17)26(3)4/h5-13,20-21,24H,1-4H3,(H,25,28)/t20-,21+/m1/s1. The van der Waals surface area contributed by atoms with Crippen LogP contribution < -0.4 is 15.1 Å². The van der Waals surface area contributed by atoms with Crippen LogP contribution >= 0.6 is 12.2 Å². The number of anilines is 2. The van der Waals surface area contributed by atoms with Crippen LogP contribution in [0.3, 0.4) is 0 Å². The van der Waals surface area contributed by atoms with E-state index in [0.717, 1.165) is 33.6 Å². The smallest absolute Gasteiger partial charge is 0.174 e. The maximum Gasteiger partial charge on any atom is 0.174 e.